The van der Waals surface area contributed by atoms with Crippen LogP contribution in [-0.2, 0) is 4.74 Å². The highest BCUT2D eigenvalue weighted by Crippen LogP contribution is 2.23. The van der Waals surface area contributed by atoms with Crippen molar-refractivity contribution < 1.29 is 24.5 Å². The number of rotatable bonds is 5. The molecule has 0 aliphatic carbocycles. The van der Waals surface area contributed by atoms with Gasteiger partial charge in [-0.25, -0.2) is 9.59 Å². The molecule has 0 spiro atoms. The smallest absolute Gasteiger partial charge is 0.338 e. The molecule has 5 heteroatoms. The van der Waals surface area contributed by atoms with Crippen molar-refractivity contribution in [1.82, 2.24) is 0 Å². The molecule has 0 amide bonds. The van der Waals surface area contributed by atoms with Gasteiger partial charge in [-0.1, -0.05) is 24.3 Å². The van der Waals surface area contributed by atoms with Crippen molar-refractivity contribution in [2.75, 3.05) is 13.2 Å². The van der Waals surface area contributed by atoms with Crippen LogP contribution in [0.4, 0.5) is 0 Å². The zero-order chi connectivity index (χ0) is 14.5. The molecule has 2 N–H and O–H groups in total. The Morgan fingerprint density at radius 2 is 1.60 bits per heavy atom. The number of aliphatic hydroxyl groups is 1. The minimum absolute atomic E-state index is 0.0496. The third kappa shape index (κ3) is 2.78. The molecule has 2 aromatic rings. The van der Waals surface area contributed by atoms with Gasteiger partial charge in [0.2, 0.25) is 0 Å². The van der Waals surface area contributed by atoms with Gasteiger partial charge in [-0.15, -0.1) is 0 Å². The average molecular weight is 274 g/mol. The quantitative estimate of drug-likeness (QED) is 0.644. The summed E-state index contributed by atoms with van der Waals surface area (Å²) in [5, 5.41) is 18.8. The average Bonchev–Trinajstić information content (AvgIpc) is 2.46. The third-order valence-corrected chi connectivity index (χ3v) is 2.91. The minimum atomic E-state index is -1.04. The lowest BCUT2D eigenvalue weighted by atomic mass is 10.00. The lowest BCUT2D eigenvalue weighted by molar-refractivity contribution is 0.0484. The summed E-state index contributed by atoms with van der Waals surface area (Å²) in [6.45, 7) is 0.0797. The predicted octanol–water partition coefficient (Wildman–Crippen LogP) is 2.08. The molecule has 0 aliphatic heterocycles. The van der Waals surface area contributed by atoms with Gasteiger partial charge in [0.1, 0.15) is 0 Å². The van der Waals surface area contributed by atoms with Crippen molar-refractivity contribution in [3.8, 4) is 0 Å². The standard InChI is InChI=1S/C15H14O5/c16-8-3-9-20-15(19)13-7-2-4-10-11(13)5-1-6-12(10)14(17)18/h1-2,4-7,16H,3,8-9H2,(H,17,18). The number of hydrogen-bond donors (Lipinski definition) is 2. The molecule has 0 atom stereocenters. The number of carboxylic acids is 1. The number of fused-ring (bicyclic) bond motifs is 1. The number of esters is 1. The van der Waals surface area contributed by atoms with Gasteiger partial charge >= 0.3 is 11.9 Å². The summed E-state index contributed by atoms with van der Waals surface area (Å²) in [5.41, 5.74) is 0.469. The predicted molar refractivity (Wildman–Crippen MR) is 72.9 cm³/mol. The summed E-state index contributed by atoms with van der Waals surface area (Å²) >= 11 is 0. The van der Waals surface area contributed by atoms with Gasteiger partial charge in [0.25, 0.3) is 0 Å². The molecule has 0 fully saturated rings. The van der Waals surface area contributed by atoms with Crippen LogP contribution in [0.3, 0.4) is 0 Å². The topological polar surface area (TPSA) is 83.8 Å². The highest BCUT2D eigenvalue weighted by atomic mass is 16.5. The van der Waals surface area contributed by atoms with Crippen molar-refractivity contribution in [1.29, 1.82) is 0 Å². The number of hydrogen-bond acceptors (Lipinski definition) is 4. The van der Waals surface area contributed by atoms with Crippen LogP contribution in [0.2, 0.25) is 0 Å². The monoisotopic (exact) mass is 274 g/mol. The highest BCUT2D eigenvalue weighted by molar-refractivity contribution is 6.10. The van der Waals surface area contributed by atoms with Crippen molar-refractivity contribution in [2.45, 2.75) is 6.42 Å². The SMILES string of the molecule is O=C(O)c1cccc2c(C(=O)OCCCO)cccc12. The van der Waals surface area contributed by atoms with E-state index in [1.54, 1.807) is 30.3 Å². The highest BCUT2D eigenvalue weighted by Gasteiger charge is 2.14. The Hall–Kier alpha value is -2.40. The molecule has 0 heterocycles. The van der Waals surface area contributed by atoms with Crippen LogP contribution in [0.5, 0.6) is 0 Å². The van der Waals surface area contributed by atoms with E-state index in [1.807, 2.05) is 0 Å². The molecule has 104 valence electrons. The van der Waals surface area contributed by atoms with E-state index in [1.165, 1.54) is 6.07 Å². The number of aliphatic hydroxyl groups excluding tert-OH is 1. The Labute approximate surface area is 115 Å². The zero-order valence-electron chi connectivity index (χ0n) is 10.7. The minimum Gasteiger partial charge on any atom is -0.478 e. The fourth-order valence-electron chi connectivity index (χ4n) is 1.98. The van der Waals surface area contributed by atoms with Gasteiger partial charge in [0.05, 0.1) is 17.7 Å². The lowest BCUT2D eigenvalue weighted by Crippen LogP contribution is -2.08. The number of carboxylic acid groups (broad SMARTS) is 1. The van der Waals surface area contributed by atoms with Gasteiger partial charge < -0.3 is 14.9 Å². The fraction of sp³-hybridized carbons (Fsp3) is 0.200. The number of benzene rings is 2. The van der Waals surface area contributed by atoms with E-state index in [2.05, 4.69) is 0 Å². The Bertz CT molecular complexity index is 648. The van der Waals surface area contributed by atoms with Crippen molar-refractivity contribution in [3.05, 3.63) is 47.5 Å². The summed E-state index contributed by atoms with van der Waals surface area (Å²) < 4.78 is 5.03. The van der Waals surface area contributed by atoms with Gasteiger partial charge in [-0.2, -0.15) is 0 Å². The van der Waals surface area contributed by atoms with E-state index in [-0.39, 0.29) is 18.8 Å². The molecule has 2 aromatic carbocycles. The van der Waals surface area contributed by atoms with E-state index in [0.29, 0.717) is 22.8 Å². The maximum Gasteiger partial charge on any atom is 0.338 e. The summed E-state index contributed by atoms with van der Waals surface area (Å²) in [7, 11) is 0. The van der Waals surface area contributed by atoms with Crippen molar-refractivity contribution in [2.24, 2.45) is 0 Å². The van der Waals surface area contributed by atoms with E-state index in [9.17, 15) is 9.59 Å². The Kier molecular flexibility index (Phi) is 4.32. The van der Waals surface area contributed by atoms with E-state index in [0.717, 1.165) is 0 Å². The number of ether oxygens (including phenoxy) is 1. The van der Waals surface area contributed by atoms with Gasteiger partial charge in [0, 0.05) is 13.0 Å². The molecule has 0 bridgehead atoms. The molecule has 0 unspecified atom stereocenters. The second-order valence-corrected chi connectivity index (χ2v) is 4.22. The van der Waals surface area contributed by atoms with Gasteiger partial charge in [-0.05, 0) is 22.9 Å². The number of carbonyl (C=O) groups excluding carboxylic acids is 1. The fourth-order valence-corrected chi connectivity index (χ4v) is 1.98. The normalized spacial score (nSPS) is 10.4. The largest absolute Gasteiger partial charge is 0.478 e. The van der Waals surface area contributed by atoms with E-state index < -0.39 is 11.9 Å². The second kappa shape index (κ2) is 6.16. The van der Waals surface area contributed by atoms with Gasteiger partial charge in [0.15, 0.2) is 0 Å². The van der Waals surface area contributed by atoms with Crippen LogP contribution >= 0.6 is 0 Å². The third-order valence-electron chi connectivity index (χ3n) is 2.91. The van der Waals surface area contributed by atoms with E-state index >= 15 is 0 Å². The second-order valence-electron chi connectivity index (χ2n) is 4.22. The molecular weight excluding hydrogens is 260 g/mol. The summed E-state index contributed by atoms with van der Waals surface area (Å²) in [6.07, 6.45) is 0.372. The Morgan fingerprint density at radius 1 is 1.00 bits per heavy atom. The molecule has 0 aliphatic rings. The summed E-state index contributed by atoms with van der Waals surface area (Å²) in [6, 6.07) is 9.64. The molecule has 0 aromatic heterocycles. The van der Waals surface area contributed by atoms with Crippen LogP contribution in [0.15, 0.2) is 36.4 Å². The first kappa shape index (κ1) is 14.0. The Balaban J connectivity index is 2.42. The van der Waals surface area contributed by atoms with Crippen molar-refractivity contribution in [3.63, 3.8) is 0 Å². The van der Waals surface area contributed by atoms with Gasteiger partial charge in [-0.3, -0.25) is 0 Å². The number of carbonyl (C=O) groups is 2. The maximum absolute atomic E-state index is 12.0. The number of aromatic carboxylic acids is 1. The van der Waals surface area contributed by atoms with Crippen LogP contribution in [0.25, 0.3) is 10.8 Å². The maximum atomic E-state index is 12.0. The molecule has 20 heavy (non-hydrogen) atoms. The van der Waals surface area contributed by atoms with Crippen LogP contribution < -0.4 is 0 Å². The molecule has 5 nitrogen and oxygen atoms in total. The summed E-state index contributed by atoms with van der Waals surface area (Å²) in [5.74, 6) is -1.56. The van der Waals surface area contributed by atoms with Crippen LogP contribution in [0, 0.1) is 0 Å². The van der Waals surface area contributed by atoms with Crippen LogP contribution in [-0.4, -0.2) is 35.4 Å². The molecule has 2 rings (SSSR count). The lowest BCUT2D eigenvalue weighted by Gasteiger charge is -2.08. The molecular formula is C15H14O5. The van der Waals surface area contributed by atoms with Crippen molar-refractivity contribution >= 4 is 22.7 Å². The molecule has 0 saturated heterocycles. The zero-order valence-corrected chi connectivity index (χ0v) is 10.7. The first-order chi connectivity index (χ1) is 9.65. The Morgan fingerprint density at radius 3 is 2.20 bits per heavy atom. The van der Waals surface area contributed by atoms with Crippen LogP contribution in [0.1, 0.15) is 27.1 Å². The summed E-state index contributed by atoms with van der Waals surface area (Å²) in [4.78, 5) is 23.1. The molecule has 0 radical (unpaired) electrons. The first-order valence-electron chi connectivity index (χ1n) is 6.18. The van der Waals surface area contributed by atoms with E-state index in [4.69, 9.17) is 14.9 Å². The first-order valence-corrected chi connectivity index (χ1v) is 6.18. The molecule has 0 saturated carbocycles.